The molecule has 2 amide bonds. The Labute approximate surface area is 164 Å². The number of rotatable bonds is 4. The van der Waals surface area contributed by atoms with E-state index < -0.39 is 24.1 Å². The number of fused-ring (bicyclic) bond motifs is 1. The molecule has 2 aromatic carbocycles. The zero-order valence-corrected chi connectivity index (χ0v) is 15.8. The Morgan fingerprint density at radius 1 is 0.964 bits per heavy atom. The Hall–Kier alpha value is -2.96. The van der Waals surface area contributed by atoms with Crippen LogP contribution in [0, 0.1) is 12.8 Å². The fourth-order valence-corrected chi connectivity index (χ4v) is 3.98. The number of likely N-dealkylation sites (tertiary alicyclic amines) is 1. The molecule has 28 heavy (non-hydrogen) atoms. The molecule has 2 N–H and O–H groups in total. The number of hydrazine groups is 1. The molecular formula is C22H23N3O3. The molecule has 4 rings (SSSR count). The van der Waals surface area contributed by atoms with Gasteiger partial charge < -0.3 is 10.5 Å². The molecule has 0 aliphatic carbocycles. The third kappa shape index (κ3) is 3.00. The minimum absolute atomic E-state index is 0.227. The summed E-state index contributed by atoms with van der Waals surface area (Å²) in [4.78, 5) is 26.5. The number of imide groups is 1. The van der Waals surface area contributed by atoms with E-state index in [-0.39, 0.29) is 11.8 Å². The third-order valence-electron chi connectivity index (χ3n) is 5.54. The first kappa shape index (κ1) is 18.4. The number of likely N-dealkylation sites (N-methyl/N-ethyl adjacent to an activating group) is 1. The van der Waals surface area contributed by atoms with Crippen molar-refractivity contribution in [3.8, 4) is 0 Å². The molecular weight excluding hydrogens is 354 g/mol. The van der Waals surface area contributed by atoms with Gasteiger partial charge in [-0.3, -0.25) is 14.5 Å². The van der Waals surface area contributed by atoms with E-state index in [4.69, 9.17) is 0 Å². The second kappa shape index (κ2) is 7.22. The van der Waals surface area contributed by atoms with Gasteiger partial charge in [0.25, 0.3) is 0 Å². The molecule has 0 spiro atoms. The van der Waals surface area contributed by atoms with E-state index in [1.165, 1.54) is 11.9 Å². The molecule has 2 heterocycles. The summed E-state index contributed by atoms with van der Waals surface area (Å²) < 4.78 is 0. The van der Waals surface area contributed by atoms with Gasteiger partial charge in [-0.15, -0.1) is 0 Å². The summed E-state index contributed by atoms with van der Waals surface area (Å²) >= 11 is 0. The van der Waals surface area contributed by atoms with Crippen molar-refractivity contribution in [3.05, 3.63) is 77.9 Å². The average Bonchev–Trinajstić information content (AvgIpc) is 2.93. The van der Waals surface area contributed by atoms with Crippen LogP contribution in [-0.2, 0) is 9.59 Å². The lowest BCUT2D eigenvalue weighted by atomic mass is 9.89. The first-order valence-electron chi connectivity index (χ1n) is 9.32. The number of carbonyl (C=O) groups excluding carboxylic acids is 2. The SMILES string of the molecule is Cc1ccccc1C(O)C1C=CC2C(=O)N(C)C(=O)C2N1Nc1ccccc1. The predicted octanol–water partition coefficient (Wildman–Crippen LogP) is 2.28. The second-order valence-corrected chi connectivity index (χ2v) is 7.27. The number of para-hydroxylation sites is 1. The van der Waals surface area contributed by atoms with Crippen LogP contribution in [0.3, 0.4) is 0 Å². The van der Waals surface area contributed by atoms with Crippen LogP contribution in [0.1, 0.15) is 17.2 Å². The van der Waals surface area contributed by atoms with E-state index in [1.807, 2.05) is 67.6 Å². The molecule has 144 valence electrons. The van der Waals surface area contributed by atoms with Crippen LogP contribution in [0.5, 0.6) is 0 Å². The fraction of sp³-hybridized carbons (Fsp3) is 0.273. The monoisotopic (exact) mass is 377 g/mol. The maximum atomic E-state index is 12.8. The Kier molecular flexibility index (Phi) is 4.75. The summed E-state index contributed by atoms with van der Waals surface area (Å²) in [5, 5.41) is 12.9. The number of hydrogen-bond acceptors (Lipinski definition) is 5. The van der Waals surface area contributed by atoms with Gasteiger partial charge in [0.15, 0.2) is 0 Å². The van der Waals surface area contributed by atoms with Crippen molar-refractivity contribution in [2.45, 2.75) is 25.1 Å². The molecule has 1 saturated heterocycles. The van der Waals surface area contributed by atoms with Gasteiger partial charge in [0.05, 0.1) is 12.0 Å². The van der Waals surface area contributed by atoms with Gasteiger partial charge in [0.1, 0.15) is 12.1 Å². The Balaban J connectivity index is 1.75. The number of nitrogens with zero attached hydrogens (tertiary/aromatic N) is 2. The summed E-state index contributed by atoms with van der Waals surface area (Å²) in [6, 6.07) is 15.9. The van der Waals surface area contributed by atoms with Crippen LogP contribution in [0.4, 0.5) is 5.69 Å². The van der Waals surface area contributed by atoms with E-state index in [0.29, 0.717) is 0 Å². The van der Waals surface area contributed by atoms with Crippen molar-refractivity contribution in [1.29, 1.82) is 0 Å². The number of hydrogen-bond donors (Lipinski definition) is 2. The third-order valence-corrected chi connectivity index (χ3v) is 5.54. The van der Waals surface area contributed by atoms with Crippen LogP contribution in [0.15, 0.2) is 66.7 Å². The zero-order chi connectivity index (χ0) is 19.8. The number of aryl methyl sites for hydroxylation is 1. The Morgan fingerprint density at radius 3 is 2.36 bits per heavy atom. The normalized spacial score (nSPS) is 25.7. The molecule has 0 radical (unpaired) electrons. The summed E-state index contributed by atoms with van der Waals surface area (Å²) in [6.45, 7) is 1.95. The lowest BCUT2D eigenvalue weighted by Crippen LogP contribution is -2.55. The molecule has 4 unspecified atom stereocenters. The van der Waals surface area contributed by atoms with Crippen molar-refractivity contribution in [3.63, 3.8) is 0 Å². The summed E-state index contributed by atoms with van der Waals surface area (Å²) in [5.74, 6) is -1.06. The number of amides is 2. The van der Waals surface area contributed by atoms with Gasteiger partial charge in [0, 0.05) is 12.7 Å². The largest absolute Gasteiger partial charge is 0.386 e. The summed E-state index contributed by atoms with van der Waals surface area (Å²) in [7, 11) is 1.50. The topological polar surface area (TPSA) is 72.9 Å². The lowest BCUT2D eigenvalue weighted by molar-refractivity contribution is -0.138. The first-order valence-corrected chi connectivity index (χ1v) is 9.32. The minimum Gasteiger partial charge on any atom is -0.386 e. The quantitative estimate of drug-likeness (QED) is 0.632. The van der Waals surface area contributed by atoms with E-state index in [9.17, 15) is 14.7 Å². The van der Waals surface area contributed by atoms with Gasteiger partial charge in [-0.1, -0.05) is 54.6 Å². The molecule has 2 aliphatic rings. The molecule has 4 atom stereocenters. The van der Waals surface area contributed by atoms with E-state index in [0.717, 1.165) is 16.8 Å². The van der Waals surface area contributed by atoms with Crippen LogP contribution in [0.25, 0.3) is 0 Å². The molecule has 2 aliphatic heterocycles. The highest BCUT2D eigenvalue weighted by Crippen LogP contribution is 2.36. The average molecular weight is 377 g/mol. The smallest absolute Gasteiger partial charge is 0.249 e. The molecule has 2 aromatic rings. The van der Waals surface area contributed by atoms with E-state index >= 15 is 0 Å². The molecule has 0 bridgehead atoms. The Morgan fingerprint density at radius 2 is 1.64 bits per heavy atom. The maximum Gasteiger partial charge on any atom is 0.249 e. The predicted molar refractivity (Wildman–Crippen MR) is 106 cm³/mol. The van der Waals surface area contributed by atoms with Crippen molar-refractivity contribution in [2.75, 3.05) is 12.5 Å². The Bertz CT molecular complexity index is 928. The van der Waals surface area contributed by atoms with Gasteiger partial charge in [-0.25, -0.2) is 5.01 Å². The number of anilines is 1. The van der Waals surface area contributed by atoms with Crippen molar-refractivity contribution in [1.82, 2.24) is 9.91 Å². The van der Waals surface area contributed by atoms with Gasteiger partial charge in [-0.05, 0) is 30.2 Å². The summed E-state index contributed by atoms with van der Waals surface area (Å²) in [5.41, 5.74) is 5.81. The molecule has 0 saturated carbocycles. The molecule has 0 aromatic heterocycles. The molecule has 1 fully saturated rings. The number of benzene rings is 2. The molecule has 6 nitrogen and oxygen atoms in total. The van der Waals surface area contributed by atoms with Crippen molar-refractivity contribution < 1.29 is 14.7 Å². The van der Waals surface area contributed by atoms with Crippen LogP contribution >= 0.6 is 0 Å². The zero-order valence-electron chi connectivity index (χ0n) is 15.8. The van der Waals surface area contributed by atoms with Gasteiger partial charge >= 0.3 is 0 Å². The number of aliphatic hydroxyl groups excluding tert-OH is 1. The molecule has 6 heteroatoms. The van der Waals surface area contributed by atoms with Crippen LogP contribution < -0.4 is 5.43 Å². The fourth-order valence-electron chi connectivity index (χ4n) is 3.98. The van der Waals surface area contributed by atoms with Crippen LogP contribution in [-0.4, -0.2) is 46.0 Å². The highest BCUT2D eigenvalue weighted by atomic mass is 16.3. The van der Waals surface area contributed by atoms with Crippen molar-refractivity contribution in [2.24, 2.45) is 5.92 Å². The van der Waals surface area contributed by atoms with Crippen molar-refractivity contribution >= 4 is 17.5 Å². The number of carbonyl (C=O) groups is 2. The maximum absolute atomic E-state index is 12.8. The standard InChI is InChI=1S/C22H23N3O3/c1-14-8-6-7-11-16(14)20(26)18-13-12-17-19(22(28)24(2)21(17)27)25(18)23-15-9-4-3-5-10-15/h3-13,17-20,23,26H,1-2H3. The first-order chi connectivity index (χ1) is 13.5. The van der Waals surface area contributed by atoms with Crippen LogP contribution in [0.2, 0.25) is 0 Å². The number of aliphatic hydroxyl groups is 1. The van der Waals surface area contributed by atoms with E-state index in [1.54, 1.807) is 11.1 Å². The second-order valence-electron chi connectivity index (χ2n) is 7.27. The summed E-state index contributed by atoms with van der Waals surface area (Å²) in [6.07, 6.45) is 2.71. The van der Waals surface area contributed by atoms with E-state index in [2.05, 4.69) is 5.43 Å². The highest BCUT2D eigenvalue weighted by molar-refractivity contribution is 6.08. The number of nitrogens with one attached hydrogen (secondary N) is 1. The minimum atomic E-state index is -0.858. The lowest BCUT2D eigenvalue weighted by Gasteiger charge is -2.41. The van der Waals surface area contributed by atoms with Gasteiger partial charge in [0.2, 0.25) is 11.8 Å². The van der Waals surface area contributed by atoms with Gasteiger partial charge in [-0.2, -0.15) is 0 Å². The highest BCUT2D eigenvalue weighted by Gasteiger charge is 2.52.